The van der Waals surface area contributed by atoms with Gasteiger partial charge < -0.3 is 10.1 Å². The summed E-state index contributed by atoms with van der Waals surface area (Å²) >= 11 is 12.1. The summed E-state index contributed by atoms with van der Waals surface area (Å²) in [4.78, 5) is 11.6. The molecular weight excluding hydrogens is 249 g/mol. The molecule has 0 aromatic heterocycles. The van der Waals surface area contributed by atoms with Crippen molar-refractivity contribution in [3.05, 3.63) is 28.8 Å². The van der Waals surface area contributed by atoms with Crippen LogP contribution in [0.4, 0.5) is 0 Å². The number of carbonyl (C=O) groups excluding carboxylic acids is 1. The normalized spacial score (nSPS) is 12.0. The molecule has 3 nitrogen and oxygen atoms in total. The number of hydrogen-bond acceptors (Lipinski definition) is 2. The molecule has 1 aromatic rings. The van der Waals surface area contributed by atoms with E-state index in [1.54, 1.807) is 18.2 Å². The zero-order valence-corrected chi connectivity index (χ0v) is 10.6. The van der Waals surface area contributed by atoms with Gasteiger partial charge in [-0.2, -0.15) is 0 Å². The van der Waals surface area contributed by atoms with Gasteiger partial charge in [-0.05, 0) is 19.1 Å². The highest BCUT2D eigenvalue weighted by Gasteiger charge is 2.23. The van der Waals surface area contributed by atoms with Gasteiger partial charge in [0.1, 0.15) is 11.1 Å². The Labute approximate surface area is 105 Å². The summed E-state index contributed by atoms with van der Waals surface area (Å²) in [5.41, 5.74) is 0.499. The Bertz CT molecular complexity index is 382. The van der Waals surface area contributed by atoms with Crippen LogP contribution in [0.5, 0.6) is 5.75 Å². The highest BCUT2D eigenvalue weighted by molar-refractivity contribution is 6.36. The Morgan fingerprint density at radius 1 is 1.56 bits per heavy atom. The molecule has 0 bridgehead atoms. The molecule has 1 amide bonds. The van der Waals surface area contributed by atoms with E-state index >= 15 is 0 Å². The molecule has 5 heteroatoms. The maximum absolute atomic E-state index is 11.6. The van der Waals surface area contributed by atoms with Gasteiger partial charge in [0, 0.05) is 17.1 Å². The summed E-state index contributed by atoms with van der Waals surface area (Å²) in [5, 5.41) is 2.22. The highest BCUT2D eigenvalue weighted by atomic mass is 35.5. The molecule has 1 unspecified atom stereocenters. The standard InChI is InChI=1S/C11H13Cl2NO2/c1-3-14-11(15)10(13)9-7(12)5-4-6-8(9)16-2/h4-6,10H,3H2,1-2H3,(H,14,15). The van der Waals surface area contributed by atoms with Crippen LogP contribution < -0.4 is 10.1 Å². The number of rotatable bonds is 4. The molecule has 0 saturated heterocycles. The first-order valence-corrected chi connectivity index (χ1v) is 5.67. The van der Waals surface area contributed by atoms with Crippen molar-refractivity contribution in [2.45, 2.75) is 12.3 Å². The smallest absolute Gasteiger partial charge is 0.242 e. The third-order valence-electron chi connectivity index (χ3n) is 2.07. The number of benzene rings is 1. The van der Waals surface area contributed by atoms with E-state index in [1.807, 2.05) is 6.92 Å². The molecule has 0 radical (unpaired) electrons. The van der Waals surface area contributed by atoms with Crippen molar-refractivity contribution in [3.8, 4) is 5.75 Å². The van der Waals surface area contributed by atoms with Gasteiger partial charge in [-0.25, -0.2) is 0 Å². The molecule has 0 fully saturated rings. The number of alkyl halides is 1. The third kappa shape index (κ3) is 2.80. The Morgan fingerprint density at radius 3 is 2.81 bits per heavy atom. The number of halogens is 2. The van der Waals surface area contributed by atoms with Crippen LogP contribution >= 0.6 is 23.2 Å². The topological polar surface area (TPSA) is 38.3 Å². The van der Waals surface area contributed by atoms with Crippen LogP contribution in [-0.4, -0.2) is 19.6 Å². The summed E-state index contributed by atoms with van der Waals surface area (Å²) in [6.45, 7) is 2.35. The summed E-state index contributed by atoms with van der Waals surface area (Å²) in [7, 11) is 1.51. The molecule has 88 valence electrons. The molecule has 0 spiro atoms. The number of nitrogens with one attached hydrogen (secondary N) is 1. The molecular formula is C11H13Cl2NO2. The van der Waals surface area contributed by atoms with Gasteiger partial charge in [0.2, 0.25) is 5.91 Å². The lowest BCUT2D eigenvalue weighted by Gasteiger charge is -2.14. The zero-order valence-electron chi connectivity index (χ0n) is 9.09. The van der Waals surface area contributed by atoms with E-state index in [4.69, 9.17) is 27.9 Å². The Balaban J connectivity index is 3.06. The second-order valence-corrected chi connectivity index (χ2v) is 3.96. The minimum absolute atomic E-state index is 0.282. The van der Waals surface area contributed by atoms with E-state index in [0.29, 0.717) is 22.9 Å². The summed E-state index contributed by atoms with van der Waals surface area (Å²) in [5.74, 6) is 0.231. The Kier molecular flexibility index (Phi) is 4.90. The van der Waals surface area contributed by atoms with Crippen LogP contribution in [-0.2, 0) is 4.79 Å². The molecule has 0 heterocycles. The average molecular weight is 262 g/mol. The lowest BCUT2D eigenvalue weighted by Crippen LogP contribution is -2.26. The molecule has 0 aliphatic rings. The SMILES string of the molecule is CCNC(=O)C(Cl)c1c(Cl)cccc1OC. The minimum atomic E-state index is -0.844. The quantitative estimate of drug-likeness (QED) is 0.847. The third-order valence-corrected chi connectivity index (χ3v) is 2.81. The van der Waals surface area contributed by atoms with Gasteiger partial charge in [-0.3, -0.25) is 4.79 Å². The summed E-state index contributed by atoms with van der Waals surface area (Å²) < 4.78 is 5.13. The van der Waals surface area contributed by atoms with Gasteiger partial charge in [0.25, 0.3) is 0 Å². The van der Waals surface area contributed by atoms with Crippen molar-refractivity contribution >= 4 is 29.1 Å². The number of methoxy groups -OCH3 is 1. The second kappa shape index (κ2) is 5.97. The molecule has 1 N–H and O–H groups in total. The maximum Gasteiger partial charge on any atom is 0.242 e. The molecule has 1 rings (SSSR count). The number of hydrogen-bond donors (Lipinski definition) is 1. The Morgan fingerprint density at radius 2 is 2.25 bits per heavy atom. The lowest BCUT2D eigenvalue weighted by atomic mass is 10.1. The van der Waals surface area contributed by atoms with E-state index in [9.17, 15) is 4.79 Å². The molecule has 16 heavy (non-hydrogen) atoms. The van der Waals surface area contributed by atoms with Gasteiger partial charge in [0.05, 0.1) is 7.11 Å². The summed E-state index contributed by atoms with van der Waals surface area (Å²) in [6, 6.07) is 5.13. The Hall–Kier alpha value is -0.930. The van der Waals surface area contributed by atoms with Crippen molar-refractivity contribution in [1.29, 1.82) is 0 Å². The monoisotopic (exact) mass is 261 g/mol. The van der Waals surface area contributed by atoms with Gasteiger partial charge in [-0.15, -0.1) is 11.6 Å². The van der Waals surface area contributed by atoms with Crippen LogP contribution in [0.25, 0.3) is 0 Å². The van der Waals surface area contributed by atoms with Crippen molar-refractivity contribution in [1.82, 2.24) is 5.32 Å². The van der Waals surface area contributed by atoms with E-state index in [1.165, 1.54) is 7.11 Å². The van der Waals surface area contributed by atoms with Gasteiger partial charge in [-0.1, -0.05) is 17.7 Å². The van der Waals surface area contributed by atoms with E-state index in [2.05, 4.69) is 5.32 Å². The van der Waals surface area contributed by atoms with Gasteiger partial charge >= 0.3 is 0 Å². The fourth-order valence-corrected chi connectivity index (χ4v) is 1.97. The molecule has 1 aromatic carbocycles. The lowest BCUT2D eigenvalue weighted by molar-refractivity contribution is -0.120. The number of amides is 1. The van der Waals surface area contributed by atoms with E-state index in [0.717, 1.165) is 0 Å². The van der Waals surface area contributed by atoms with Crippen LogP contribution in [0.3, 0.4) is 0 Å². The van der Waals surface area contributed by atoms with Crippen LogP contribution in [0.15, 0.2) is 18.2 Å². The van der Waals surface area contributed by atoms with Crippen molar-refractivity contribution in [3.63, 3.8) is 0 Å². The van der Waals surface area contributed by atoms with Crippen molar-refractivity contribution in [2.24, 2.45) is 0 Å². The summed E-state index contributed by atoms with van der Waals surface area (Å²) in [6.07, 6.45) is 0. The first-order valence-electron chi connectivity index (χ1n) is 4.86. The van der Waals surface area contributed by atoms with E-state index < -0.39 is 5.38 Å². The first-order chi connectivity index (χ1) is 7.61. The fourth-order valence-electron chi connectivity index (χ4n) is 1.34. The average Bonchev–Trinajstić information content (AvgIpc) is 2.28. The predicted octanol–water partition coefficient (Wildman–Crippen LogP) is 2.76. The van der Waals surface area contributed by atoms with Crippen LogP contribution in [0, 0.1) is 0 Å². The van der Waals surface area contributed by atoms with E-state index in [-0.39, 0.29) is 5.91 Å². The molecule has 0 aliphatic carbocycles. The number of likely N-dealkylation sites (N-methyl/N-ethyl adjacent to an activating group) is 1. The molecule has 0 saturated carbocycles. The largest absolute Gasteiger partial charge is 0.496 e. The van der Waals surface area contributed by atoms with Crippen LogP contribution in [0.1, 0.15) is 17.9 Å². The molecule has 1 atom stereocenters. The fraction of sp³-hybridized carbons (Fsp3) is 0.364. The van der Waals surface area contributed by atoms with Gasteiger partial charge in [0.15, 0.2) is 0 Å². The maximum atomic E-state index is 11.6. The number of ether oxygens (including phenoxy) is 1. The second-order valence-electron chi connectivity index (χ2n) is 3.11. The van der Waals surface area contributed by atoms with Crippen molar-refractivity contribution < 1.29 is 9.53 Å². The molecule has 0 aliphatic heterocycles. The van der Waals surface area contributed by atoms with Crippen LogP contribution in [0.2, 0.25) is 5.02 Å². The zero-order chi connectivity index (χ0) is 12.1. The highest BCUT2D eigenvalue weighted by Crippen LogP contribution is 2.35. The van der Waals surface area contributed by atoms with Crippen molar-refractivity contribution in [2.75, 3.05) is 13.7 Å². The minimum Gasteiger partial charge on any atom is -0.496 e. The predicted molar refractivity (Wildman–Crippen MR) is 65.3 cm³/mol. The first kappa shape index (κ1) is 13.1. The number of carbonyl (C=O) groups is 1.